The summed E-state index contributed by atoms with van der Waals surface area (Å²) in [5, 5.41) is 1.19. The largest absolute Gasteiger partial charge is 0.244 e. The van der Waals surface area contributed by atoms with E-state index in [1.54, 1.807) is 0 Å². The van der Waals surface area contributed by atoms with Gasteiger partial charge in [0.25, 0.3) is 0 Å². The molecule has 2 aromatic rings. The Morgan fingerprint density at radius 1 is 1.31 bits per heavy atom. The van der Waals surface area contributed by atoms with Crippen LogP contribution in [0, 0.1) is 0 Å². The van der Waals surface area contributed by atoms with Crippen LogP contribution in [0.1, 0.15) is 26.5 Å². The van der Waals surface area contributed by atoms with Gasteiger partial charge in [0, 0.05) is 17.0 Å². The van der Waals surface area contributed by atoms with Gasteiger partial charge >= 0.3 is 0 Å². The zero-order valence-corrected chi connectivity index (χ0v) is 8.85. The lowest BCUT2D eigenvalue weighted by Gasteiger charge is -2.15. The minimum Gasteiger partial charge on any atom is -0.244 e. The van der Waals surface area contributed by atoms with Gasteiger partial charge in [0.1, 0.15) is 4.83 Å². The van der Waals surface area contributed by atoms with Gasteiger partial charge in [-0.05, 0) is 23.7 Å². The molecule has 2 rings (SSSR count). The first kappa shape index (κ1) is 8.63. The van der Waals surface area contributed by atoms with Crippen molar-refractivity contribution in [3.8, 4) is 0 Å². The minimum absolute atomic E-state index is 0.112. The van der Waals surface area contributed by atoms with Crippen molar-refractivity contribution in [2.75, 3.05) is 0 Å². The summed E-state index contributed by atoms with van der Waals surface area (Å²) in [5.41, 5.74) is 1.27. The van der Waals surface area contributed by atoms with Crippen LogP contribution in [0.15, 0.2) is 18.3 Å². The number of hydrogen-bond acceptors (Lipinski definition) is 3. The normalized spacial score (nSPS) is 12.2. The number of aromatic nitrogens is 2. The van der Waals surface area contributed by atoms with Crippen molar-refractivity contribution in [2.24, 2.45) is 0 Å². The molecule has 2 nitrogen and oxygen atoms in total. The number of nitrogens with zero attached hydrogens (tertiary/aromatic N) is 2. The van der Waals surface area contributed by atoms with Gasteiger partial charge in [-0.3, -0.25) is 0 Å². The van der Waals surface area contributed by atoms with Gasteiger partial charge in [-0.1, -0.05) is 20.8 Å². The maximum atomic E-state index is 4.45. The lowest BCUT2D eigenvalue weighted by molar-refractivity contribution is 0.581. The highest BCUT2D eigenvalue weighted by Gasteiger charge is 2.20. The van der Waals surface area contributed by atoms with E-state index in [4.69, 9.17) is 0 Å². The molecule has 0 unspecified atom stereocenters. The molecule has 0 saturated heterocycles. The second-order valence-electron chi connectivity index (χ2n) is 4.14. The SMILES string of the molecule is CC(C)(C)c1nsc2ncccc12. The Labute approximate surface area is 81.8 Å². The van der Waals surface area contributed by atoms with E-state index in [-0.39, 0.29) is 5.41 Å². The summed E-state index contributed by atoms with van der Waals surface area (Å²) in [7, 11) is 0. The quantitative estimate of drug-likeness (QED) is 0.641. The molecule has 2 heterocycles. The van der Waals surface area contributed by atoms with Gasteiger partial charge in [0.05, 0.1) is 5.69 Å². The highest BCUT2D eigenvalue weighted by atomic mass is 32.1. The van der Waals surface area contributed by atoms with Crippen LogP contribution in [0.5, 0.6) is 0 Å². The molecule has 0 aliphatic rings. The average molecular weight is 192 g/mol. The van der Waals surface area contributed by atoms with E-state index in [0.29, 0.717) is 0 Å². The Bertz CT molecular complexity index is 426. The predicted octanol–water partition coefficient (Wildman–Crippen LogP) is 2.99. The van der Waals surface area contributed by atoms with E-state index in [0.717, 1.165) is 10.5 Å². The lowest BCUT2D eigenvalue weighted by Crippen LogP contribution is -2.11. The van der Waals surface area contributed by atoms with Crippen molar-refractivity contribution in [2.45, 2.75) is 26.2 Å². The zero-order chi connectivity index (χ0) is 9.47. The van der Waals surface area contributed by atoms with Crippen LogP contribution in [0.4, 0.5) is 0 Å². The molecular formula is C10H12N2S. The summed E-state index contributed by atoms with van der Waals surface area (Å²) < 4.78 is 4.45. The van der Waals surface area contributed by atoms with E-state index < -0.39 is 0 Å². The van der Waals surface area contributed by atoms with Crippen molar-refractivity contribution in [1.29, 1.82) is 0 Å². The molecule has 0 N–H and O–H groups in total. The Morgan fingerprint density at radius 3 is 2.77 bits per heavy atom. The molecule has 13 heavy (non-hydrogen) atoms. The average Bonchev–Trinajstić information content (AvgIpc) is 2.45. The first-order valence-corrected chi connectivity index (χ1v) is 5.07. The van der Waals surface area contributed by atoms with Gasteiger partial charge < -0.3 is 0 Å². The first-order chi connectivity index (χ1) is 6.09. The smallest absolute Gasteiger partial charge is 0.143 e. The maximum Gasteiger partial charge on any atom is 0.143 e. The number of rotatable bonds is 0. The fourth-order valence-electron chi connectivity index (χ4n) is 1.32. The first-order valence-electron chi connectivity index (χ1n) is 4.30. The standard InChI is InChI=1S/C10H12N2S/c1-10(2,3)8-7-5-4-6-11-9(7)13-12-8/h4-6H,1-3H3. The third-order valence-corrected chi connectivity index (χ3v) is 2.73. The van der Waals surface area contributed by atoms with Crippen molar-refractivity contribution in [3.63, 3.8) is 0 Å². The molecule has 0 fully saturated rings. The zero-order valence-electron chi connectivity index (χ0n) is 8.03. The van der Waals surface area contributed by atoms with Crippen LogP contribution in [0.25, 0.3) is 10.2 Å². The topological polar surface area (TPSA) is 25.8 Å². The molecule has 0 atom stereocenters. The summed E-state index contributed by atoms with van der Waals surface area (Å²) in [6, 6.07) is 4.05. The summed E-state index contributed by atoms with van der Waals surface area (Å²) >= 11 is 1.48. The molecule has 0 aromatic carbocycles. The summed E-state index contributed by atoms with van der Waals surface area (Å²) in [6.07, 6.45) is 1.81. The monoisotopic (exact) mass is 192 g/mol. The lowest BCUT2D eigenvalue weighted by atomic mass is 9.90. The second kappa shape index (κ2) is 2.77. The van der Waals surface area contributed by atoms with Crippen LogP contribution < -0.4 is 0 Å². The molecule has 3 heteroatoms. The van der Waals surface area contributed by atoms with Crippen LogP contribution in [0.3, 0.4) is 0 Å². The van der Waals surface area contributed by atoms with Crippen molar-refractivity contribution >= 4 is 21.7 Å². The fraction of sp³-hybridized carbons (Fsp3) is 0.400. The Hall–Kier alpha value is -0.960. The summed E-state index contributed by atoms with van der Waals surface area (Å²) in [4.78, 5) is 5.31. The summed E-state index contributed by atoms with van der Waals surface area (Å²) in [5.74, 6) is 0. The van der Waals surface area contributed by atoms with Crippen LogP contribution in [-0.4, -0.2) is 9.36 Å². The molecule has 68 valence electrons. The predicted molar refractivity (Wildman–Crippen MR) is 56.1 cm³/mol. The number of fused-ring (bicyclic) bond motifs is 1. The fourth-order valence-corrected chi connectivity index (χ4v) is 2.24. The number of pyridine rings is 1. The van der Waals surface area contributed by atoms with E-state index in [2.05, 4.69) is 36.2 Å². The van der Waals surface area contributed by atoms with E-state index in [9.17, 15) is 0 Å². The van der Waals surface area contributed by atoms with Gasteiger partial charge in [0.15, 0.2) is 0 Å². The second-order valence-corrected chi connectivity index (χ2v) is 4.89. The Kier molecular flexibility index (Phi) is 1.84. The van der Waals surface area contributed by atoms with Crippen molar-refractivity contribution < 1.29 is 0 Å². The Balaban J connectivity index is 2.72. The van der Waals surface area contributed by atoms with Crippen LogP contribution >= 0.6 is 11.5 Å². The van der Waals surface area contributed by atoms with Crippen molar-refractivity contribution in [1.82, 2.24) is 9.36 Å². The van der Waals surface area contributed by atoms with Crippen molar-refractivity contribution in [3.05, 3.63) is 24.0 Å². The van der Waals surface area contributed by atoms with E-state index in [1.165, 1.54) is 16.9 Å². The molecule has 0 aliphatic carbocycles. The van der Waals surface area contributed by atoms with E-state index in [1.807, 2.05) is 12.3 Å². The van der Waals surface area contributed by atoms with Crippen LogP contribution in [-0.2, 0) is 5.41 Å². The van der Waals surface area contributed by atoms with Gasteiger partial charge in [-0.25, -0.2) is 4.98 Å². The molecule has 0 spiro atoms. The third kappa shape index (κ3) is 1.44. The molecule has 2 aromatic heterocycles. The summed E-state index contributed by atoms with van der Waals surface area (Å²) in [6.45, 7) is 6.53. The molecule has 0 amide bonds. The van der Waals surface area contributed by atoms with Crippen LogP contribution in [0.2, 0.25) is 0 Å². The molecule has 0 radical (unpaired) electrons. The van der Waals surface area contributed by atoms with Gasteiger partial charge in [0.2, 0.25) is 0 Å². The molecular weight excluding hydrogens is 180 g/mol. The van der Waals surface area contributed by atoms with Gasteiger partial charge in [-0.2, -0.15) is 4.37 Å². The minimum atomic E-state index is 0.112. The highest BCUT2D eigenvalue weighted by molar-refractivity contribution is 7.12. The highest BCUT2D eigenvalue weighted by Crippen LogP contribution is 2.29. The van der Waals surface area contributed by atoms with Gasteiger partial charge in [-0.15, -0.1) is 0 Å². The maximum absolute atomic E-state index is 4.45. The molecule has 0 saturated carbocycles. The number of hydrogen-bond donors (Lipinski definition) is 0. The van der Waals surface area contributed by atoms with E-state index >= 15 is 0 Å². The molecule has 0 bridgehead atoms. The Morgan fingerprint density at radius 2 is 2.08 bits per heavy atom. The molecule has 0 aliphatic heterocycles. The third-order valence-electron chi connectivity index (χ3n) is 1.96.